The van der Waals surface area contributed by atoms with Gasteiger partial charge in [0.1, 0.15) is 0 Å². The number of aryl methyl sites for hydroxylation is 1. The first-order valence-electron chi connectivity index (χ1n) is 7.80. The summed E-state index contributed by atoms with van der Waals surface area (Å²) in [5.41, 5.74) is 4.42. The van der Waals surface area contributed by atoms with E-state index in [4.69, 9.17) is 0 Å². The number of likely N-dealkylation sites (N-methyl/N-ethyl adjacent to an activating group) is 1. The lowest BCUT2D eigenvalue weighted by Crippen LogP contribution is -2.19. The van der Waals surface area contributed by atoms with Crippen LogP contribution in [0, 0.1) is 0 Å². The quantitative estimate of drug-likeness (QED) is 0.765. The fourth-order valence-electron chi connectivity index (χ4n) is 2.99. The Morgan fingerprint density at radius 3 is 2.47 bits per heavy atom. The third kappa shape index (κ3) is 3.94. The highest BCUT2D eigenvalue weighted by molar-refractivity contribution is 5.31. The Labute approximate surface area is 118 Å². The summed E-state index contributed by atoms with van der Waals surface area (Å²) in [4.78, 5) is 0. The first kappa shape index (κ1) is 14.3. The fourth-order valence-corrected chi connectivity index (χ4v) is 2.99. The van der Waals surface area contributed by atoms with Gasteiger partial charge in [-0.25, -0.2) is 0 Å². The van der Waals surface area contributed by atoms with E-state index in [9.17, 15) is 0 Å². The molecule has 0 spiro atoms. The molecule has 1 aliphatic rings. The maximum Gasteiger partial charge on any atom is 0.0533 e. The van der Waals surface area contributed by atoms with Crippen molar-refractivity contribution in [2.24, 2.45) is 0 Å². The molecule has 0 amide bonds. The second kappa shape index (κ2) is 7.49. The lowest BCUT2D eigenvalue weighted by Gasteiger charge is -2.22. The van der Waals surface area contributed by atoms with Crippen LogP contribution in [0.4, 0.5) is 0 Å². The molecule has 1 heteroatoms. The largest absolute Gasteiger partial charge is 0.310 e. The summed E-state index contributed by atoms with van der Waals surface area (Å²) in [6.07, 6.45) is 11.6. The second-order valence-corrected chi connectivity index (χ2v) is 5.55. The molecule has 0 aromatic heterocycles. The van der Waals surface area contributed by atoms with Crippen molar-refractivity contribution in [1.29, 1.82) is 0 Å². The maximum atomic E-state index is 3.51. The Bertz CT molecular complexity index is 402. The molecule has 0 saturated carbocycles. The van der Waals surface area contributed by atoms with Crippen molar-refractivity contribution < 1.29 is 0 Å². The van der Waals surface area contributed by atoms with Crippen LogP contribution in [-0.2, 0) is 6.42 Å². The zero-order valence-electron chi connectivity index (χ0n) is 12.4. The minimum atomic E-state index is 0.406. The Morgan fingerprint density at radius 1 is 1.05 bits per heavy atom. The summed E-state index contributed by atoms with van der Waals surface area (Å²) >= 11 is 0. The smallest absolute Gasteiger partial charge is 0.0533 e. The minimum Gasteiger partial charge on any atom is -0.310 e. The van der Waals surface area contributed by atoms with Gasteiger partial charge in [0, 0.05) is 0 Å². The molecule has 0 fully saturated rings. The number of nitrogens with one attached hydrogen (secondary N) is 1. The van der Waals surface area contributed by atoms with Crippen molar-refractivity contribution in [3.8, 4) is 0 Å². The molecule has 1 aliphatic carbocycles. The van der Waals surface area contributed by atoms with Gasteiger partial charge >= 0.3 is 0 Å². The van der Waals surface area contributed by atoms with Crippen LogP contribution in [0.2, 0.25) is 0 Å². The summed E-state index contributed by atoms with van der Waals surface area (Å²) in [7, 11) is 2.08. The van der Waals surface area contributed by atoms with Crippen LogP contribution in [0.1, 0.15) is 62.6 Å². The Hall–Kier alpha value is -1.08. The van der Waals surface area contributed by atoms with E-state index in [1.807, 2.05) is 0 Å². The molecule has 1 nitrogen and oxygen atoms in total. The van der Waals surface area contributed by atoms with Gasteiger partial charge in [0.25, 0.3) is 0 Å². The number of benzene rings is 1. The van der Waals surface area contributed by atoms with Gasteiger partial charge in [0.2, 0.25) is 0 Å². The zero-order valence-corrected chi connectivity index (χ0v) is 12.4. The molecule has 2 rings (SSSR count). The normalized spacial score (nSPS) is 21.1. The second-order valence-electron chi connectivity index (χ2n) is 5.55. The van der Waals surface area contributed by atoms with Gasteiger partial charge in [0.05, 0.1) is 6.04 Å². The van der Waals surface area contributed by atoms with Crippen LogP contribution >= 0.6 is 0 Å². The number of hydrogen-bond donors (Lipinski definition) is 1. The Balaban J connectivity index is 2.16. The van der Waals surface area contributed by atoms with Crippen LogP contribution in [0.5, 0.6) is 0 Å². The predicted octanol–water partition coefficient (Wildman–Crippen LogP) is 4.79. The summed E-state index contributed by atoms with van der Waals surface area (Å²) in [5, 5.41) is 3.51. The zero-order chi connectivity index (χ0) is 13.5. The summed E-state index contributed by atoms with van der Waals surface area (Å²) in [6, 6.07) is 9.52. The standard InChI is InChI=1S/C18H27N/c1-3-15-11-13-17(14-12-15)18(19-2)16-9-7-5-4-6-8-10-16/h9,11-14,18-19H,3-8,10H2,1-2H3/b16-9+. The molecule has 0 radical (unpaired) electrons. The SMILES string of the molecule is CCc1ccc(C(NC)/C2=C/CCCCCC2)cc1. The predicted molar refractivity (Wildman–Crippen MR) is 83.4 cm³/mol. The molecule has 1 N–H and O–H groups in total. The van der Waals surface area contributed by atoms with E-state index in [1.54, 1.807) is 5.57 Å². The third-order valence-electron chi connectivity index (χ3n) is 4.21. The molecular formula is C18H27N. The van der Waals surface area contributed by atoms with Crippen molar-refractivity contribution >= 4 is 0 Å². The van der Waals surface area contributed by atoms with Crippen molar-refractivity contribution in [3.05, 3.63) is 47.0 Å². The van der Waals surface area contributed by atoms with E-state index in [0.29, 0.717) is 6.04 Å². The Morgan fingerprint density at radius 2 is 1.79 bits per heavy atom. The molecule has 1 atom stereocenters. The van der Waals surface area contributed by atoms with Crippen molar-refractivity contribution in [2.45, 2.75) is 57.9 Å². The van der Waals surface area contributed by atoms with E-state index in [2.05, 4.69) is 49.6 Å². The van der Waals surface area contributed by atoms with Crippen LogP contribution in [0.15, 0.2) is 35.9 Å². The molecule has 0 bridgehead atoms. The number of hydrogen-bond acceptors (Lipinski definition) is 1. The first-order valence-corrected chi connectivity index (χ1v) is 7.80. The van der Waals surface area contributed by atoms with Crippen molar-refractivity contribution in [1.82, 2.24) is 5.32 Å². The average Bonchev–Trinajstić information content (AvgIpc) is 2.42. The van der Waals surface area contributed by atoms with Gasteiger partial charge in [-0.3, -0.25) is 0 Å². The molecule has 104 valence electrons. The topological polar surface area (TPSA) is 12.0 Å². The highest BCUT2D eigenvalue weighted by atomic mass is 14.9. The molecular weight excluding hydrogens is 230 g/mol. The molecule has 0 heterocycles. The van der Waals surface area contributed by atoms with Gasteiger partial charge in [0.15, 0.2) is 0 Å². The highest BCUT2D eigenvalue weighted by Gasteiger charge is 2.15. The van der Waals surface area contributed by atoms with Gasteiger partial charge in [-0.05, 0) is 50.3 Å². The van der Waals surface area contributed by atoms with Crippen molar-refractivity contribution in [3.63, 3.8) is 0 Å². The van der Waals surface area contributed by atoms with Gasteiger partial charge in [-0.2, -0.15) is 0 Å². The Kier molecular flexibility index (Phi) is 5.65. The van der Waals surface area contributed by atoms with Gasteiger partial charge in [-0.1, -0.05) is 55.7 Å². The lowest BCUT2D eigenvalue weighted by atomic mass is 9.90. The molecule has 1 aromatic rings. The van der Waals surface area contributed by atoms with Gasteiger partial charge < -0.3 is 5.32 Å². The van der Waals surface area contributed by atoms with Crippen LogP contribution in [0.3, 0.4) is 0 Å². The van der Waals surface area contributed by atoms with E-state index in [-0.39, 0.29) is 0 Å². The summed E-state index contributed by atoms with van der Waals surface area (Å²) < 4.78 is 0. The molecule has 0 saturated heterocycles. The average molecular weight is 257 g/mol. The molecule has 1 aromatic carbocycles. The van der Waals surface area contributed by atoms with E-state index in [0.717, 1.165) is 6.42 Å². The van der Waals surface area contributed by atoms with E-state index < -0.39 is 0 Å². The molecule has 1 unspecified atom stereocenters. The highest BCUT2D eigenvalue weighted by Crippen LogP contribution is 2.28. The van der Waals surface area contributed by atoms with Crippen molar-refractivity contribution in [2.75, 3.05) is 7.05 Å². The fraction of sp³-hybridized carbons (Fsp3) is 0.556. The molecule has 0 aliphatic heterocycles. The third-order valence-corrected chi connectivity index (χ3v) is 4.21. The lowest BCUT2D eigenvalue weighted by molar-refractivity contribution is 0.574. The van der Waals surface area contributed by atoms with Crippen LogP contribution in [0.25, 0.3) is 0 Å². The minimum absolute atomic E-state index is 0.406. The maximum absolute atomic E-state index is 3.51. The summed E-state index contributed by atoms with van der Waals surface area (Å²) in [5.74, 6) is 0. The van der Waals surface area contributed by atoms with Crippen LogP contribution in [-0.4, -0.2) is 7.05 Å². The monoisotopic (exact) mass is 257 g/mol. The molecule has 19 heavy (non-hydrogen) atoms. The van der Waals surface area contributed by atoms with E-state index >= 15 is 0 Å². The summed E-state index contributed by atoms with van der Waals surface area (Å²) in [6.45, 7) is 2.21. The van der Waals surface area contributed by atoms with Gasteiger partial charge in [-0.15, -0.1) is 0 Å². The first-order chi connectivity index (χ1) is 9.35. The van der Waals surface area contributed by atoms with Crippen LogP contribution < -0.4 is 5.32 Å². The van der Waals surface area contributed by atoms with E-state index in [1.165, 1.54) is 49.7 Å². The number of rotatable bonds is 4. The number of allylic oxidation sites excluding steroid dienone is 1.